The average Bonchev–Trinajstić information content (AvgIpc) is 3.11. The number of primary amides is 1. The first-order chi connectivity index (χ1) is 14.5. The lowest BCUT2D eigenvalue weighted by Crippen LogP contribution is -2.34. The van der Waals surface area contributed by atoms with Crippen molar-refractivity contribution in [2.24, 2.45) is 5.73 Å². The van der Waals surface area contributed by atoms with E-state index in [2.05, 4.69) is 0 Å². The molecule has 30 heavy (non-hydrogen) atoms. The third kappa shape index (κ3) is 4.31. The molecule has 1 atom stereocenters. The van der Waals surface area contributed by atoms with Gasteiger partial charge in [-0.2, -0.15) is 0 Å². The van der Waals surface area contributed by atoms with Crippen LogP contribution in [0.2, 0.25) is 5.02 Å². The number of ether oxygens (including phenoxy) is 3. The van der Waals surface area contributed by atoms with Gasteiger partial charge in [-0.25, -0.2) is 0 Å². The molecule has 1 fully saturated rings. The van der Waals surface area contributed by atoms with Crippen LogP contribution >= 0.6 is 11.6 Å². The molecule has 2 amide bonds. The molecule has 0 aliphatic carbocycles. The molecule has 0 spiro atoms. The van der Waals surface area contributed by atoms with Gasteiger partial charge in [0.15, 0.2) is 18.1 Å². The van der Waals surface area contributed by atoms with Crippen molar-refractivity contribution < 1.29 is 23.8 Å². The zero-order valence-corrected chi connectivity index (χ0v) is 17.2. The molecule has 8 heteroatoms. The minimum atomic E-state index is -0.661. The van der Waals surface area contributed by atoms with E-state index in [1.165, 1.54) is 6.07 Å². The van der Waals surface area contributed by atoms with E-state index in [1.807, 2.05) is 18.2 Å². The maximum Gasteiger partial charge on any atom is 0.261 e. The van der Waals surface area contributed by atoms with Crippen LogP contribution in [0.3, 0.4) is 0 Å². The number of likely N-dealkylation sites (tertiary alicyclic amines) is 1. The van der Waals surface area contributed by atoms with Gasteiger partial charge in [-0.15, -0.1) is 0 Å². The zero-order chi connectivity index (χ0) is 21.1. The van der Waals surface area contributed by atoms with E-state index in [0.717, 1.165) is 30.6 Å². The summed E-state index contributed by atoms with van der Waals surface area (Å²) in [5.74, 6) is 0.873. The Hall–Kier alpha value is -2.93. The molecule has 2 N–H and O–H groups in total. The van der Waals surface area contributed by atoms with Gasteiger partial charge >= 0.3 is 0 Å². The van der Waals surface area contributed by atoms with Gasteiger partial charge in [-0.05, 0) is 48.7 Å². The molecule has 2 aliphatic rings. The van der Waals surface area contributed by atoms with Crippen molar-refractivity contribution in [3.8, 4) is 17.2 Å². The second-order valence-corrected chi connectivity index (χ2v) is 7.73. The highest BCUT2D eigenvalue weighted by Gasteiger charge is 2.31. The zero-order valence-electron chi connectivity index (χ0n) is 16.4. The molecule has 0 bridgehead atoms. The molecule has 4 rings (SSSR count). The van der Waals surface area contributed by atoms with E-state index >= 15 is 0 Å². The van der Waals surface area contributed by atoms with E-state index < -0.39 is 5.91 Å². The van der Waals surface area contributed by atoms with Crippen LogP contribution in [-0.4, -0.2) is 43.1 Å². The normalized spacial score (nSPS) is 18.0. The van der Waals surface area contributed by atoms with Crippen LogP contribution in [0.4, 0.5) is 0 Å². The number of fused-ring (bicyclic) bond motifs is 1. The highest BCUT2D eigenvalue weighted by molar-refractivity contribution is 6.31. The first kappa shape index (κ1) is 20.3. The minimum Gasteiger partial charge on any atom is -0.490 e. The Kier molecular flexibility index (Phi) is 5.99. The van der Waals surface area contributed by atoms with Crippen LogP contribution in [0.25, 0.3) is 0 Å². The Labute approximate surface area is 179 Å². The largest absolute Gasteiger partial charge is 0.490 e. The van der Waals surface area contributed by atoms with E-state index in [1.54, 1.807) is 17.0 Å². The lowest BCUT2D eigenvalue weighted by atomic mass is 10.0. The fourth-order valence-electron chi connectivity index (χ4n) is 3.84. The monoisotopic (exact) mass is 430 g/mol. The molecule has 0 saturated carbocycles. The van der Waals surface area contributed by atoms with Gasteiger partial charge < -0.3 is 24.8 Å². The number of amides is 2. The standard InChI is InChI=1S/C22H23ClN2O5/c23-15-5-7-18(16(12-15)22(24)27)30-13-21(26)25-8-1-3-17(25)14-4-6-19-20(11-14)29-10-2-9-28-19/h4-7,11-12,17H,1-3,8-10,13H2,(H2,24,27)/t17-/m0/s1. The van der Waals surface area contributed by atoms with Crippen LogP contribution < -0.4 is 19.9 Å². The van der Waals surface area contributed by atoms with Crippen LogP contribution in [0.1, 0.15) is 41.2 Å². The van der Waals surface area contributed by atoms with Gasteiger partial charge in [0.25, 0.3) is 11.8 Å². The van der Waals surface area contributed by atoms with Crippen LogP contribution in [0.15, 0.2) is 36.4 Å². The Balaban J connectivity index is 1.47. The van der Waals surface area contributed by atoms with Gasteiger partial charge in [-0.1, -0.05) is 17.7 Å². The van der Waals surface area contributed by atoms with Crippen LogP contribution in [0.5, 0.6) is 17.2 Å². The molecule has 2 aromatic carbocycles. The number of halogens is 1. The molecule has 2 aliphatic heterocycles. The average molecular weight is 431 g/mol. The summed E-state index contributed by atoms with van der Waals surface area (Å²) in [5, 5.41) is 0.372. The Morgan fingerprint density at radius 2 is 1.90 bits per heavy atom. The molecule has 0 unspecified atom stereocenters. The lowest BCUT2D eigenvalue weighted by molar-refractivity contribution is -0.134. The molecular weight excluding hydrogens is 408 g/mol. The summed E-state index contributed by atoms with van der Waals surface area (Å²) in [4.78, 5) is 26.3. The molecule has 0 aromatic heterocycles. The summed E-state index contributed by atoms with van der Waals surface area (Å²) in [6.07, 6.45) is 2.60. The molecular formula is C22H23ClN2O5. The number of nitrogens with two attached hydrogens (primary N) is 1. The van der Waals surface area contributed by atoms with Crippen molar-refractivity contribution in [2.75, 3.05) is 26.4 Å². The van der Waals surface area contributed by atoms with E-state index in [0.29, 0.717) is 30.5 Å². The maximum absolute atomic E-state index is 12.9. The molecule has 1 saturated heterocycles. The van der Waals surface area contributed by atoms with Crippen LogP contribution in [0, 0.1) is 0 Å². The molecule has 2 heterocycles. The smallest absolute Gasteiger partial charge is 0.261 e. The number of hydrogen-bond acceptors (Lipinski definition) is 5. The van der Waals surface area contributed by atoms with Crippen molar-refractivity contribution in [2.45, 2.75) is 25.3 Å². The SMILES string of the molecule is NC(=O)c1cc(Cl)ccc1OCC(=O)N1CCC[C@H]1c1ccc2c(c1)OCCCO2. The highest BCUT2D eigenvalue weighted by atomic mass is 35.5. The Morgan fingerprint density at radius 1 is 1.10 bits per heavy atom. The quantitative estimate of drug-likeness (QED) is 0.785. The molecule has 7 nitrogen and oxygen atoms in total. The van der Waals surface area contributed by atoms with Crippen molar-refractivity contribution >= 4 is 23.4 Å². The number of hydrogen-bond donors (Lipinski definition) is 1. The van der Waals surface area contributed by atoms with Crippen molar-refractivity contribution in [3.63, 3.8) is 0 Å². The van der Waals surface area contributed by atoms with E-state index in [4.69, 9.17) is 31.5 Å². The van der Waals surface area contributed by atoms with Gasteiger partial charge in [0.1, 0.15) is 5.75 Å². The second kappa shape index (κ2) is 8.83. The number of carbonyl (C=O) groups excluding carboxylic acids is 2. The Bertz CT molecular complexity index is 965. The topological polar surface area (TPSA) is 91.1 Å². The summed E-state index contributed by atoms with van der Waals surface area (Å²) < 4.78 is 17.1. The van der Waals surface area contributed by atoms with Crippen molar-refractivity contribution in [1.82, 2.24) is 4.90 Å². The fourth-order valence-corrected chi connectivity index (χ4v) is 4.01. The first-order valence-corrected chi connectivity index (χ1v) is 10.3. The van der Waals surface area contributed by atoms with Crippen molar-refractivity contribution in [3.05, 3.63) is 52.5 Å². The van der Waals surface area contributed by atoms with Gasteiger partial charge in [-0.3, -0.25) is 9.59 Å². The molecule has 2 aromatic rings. The van der Waals surface area contributed by atoms with Crippen LogP contribution in [-0.2, 0) is 4.79 Å². The molecule has 0 radical (unpaired) electrons. The van der Waals surface area contributed by atoms with Gasteiger partial charge in [0.2, 0.25) is 0 Å². The number of rotatable bonds is 5. The first-order valence-electron chi connectivity index (χ1n) is 9.94. The predicted octanol–water partition coefficient (Wildman–Crippen LogP) is 3.34. The predicted molar refractivity (Wildman–Crippen MR) is 111 cm³/mol. The second-order valence-electron chi connectivity index (χ2n) is 7.30. The van der Waals surface area contributed by atoms with E-state index in [9.17, 15) is 9.59 Å². The van der Waals surface area contributed by atoms with Crippen molar-refractivity contribution in [1.29, 1.82) is 0 Å². The Morgan fingerprint density at radius 3 is 2.70 bits per heavy atom. The summed E-state index contributed by atoms with van der Waals surface area (Å²) in [7, 11) is 0. The number of nitrogens with zero attached hydrogens (tertiary/aromatic N) is 1. The summed E-state index contributed by atoms with van der Waals surface area (Å²) >= 11 is 5.92. The summed E-state index contributed by atoms with van der Waals surface area (Å²) in [5.41, 5.74) is 6.54. The minimum absolute atomic E-state index is 0.0564. The lowest BCUT2D eigenvalue weighted by Gasteiger charge is -2.26. The summed E-state index contributed by atoms with van der Waals surface area (Å²) in [6.45, 7) is 1.70. The highest BCUT2D eigenvalue weighted by Crippen LogP contribution is 2.38. The van der Waals surface area contributed by atoms with Gasteiger partial charge in [0, 0.05) is 18.0 Å². The molecule has 158 valence electrons. The fraction of sp³-hybridized carbons (Fsp3) is 0.364. The van der Waals surface area contributed by atoms with Gasteiger partial charge in [0.05, 0.1) is 24.8 Å². The third-order valence-electron chi connectivity index (χ3n) is 5.29. The maximum atomic E-state index is 12.9. The summed E-state index contributed by atoms with van der Waals surface area (Å²) in [6, 6.07) is 10.3. The number of benzene rings is 2. The van der Waals surface area contributed by atoms with E-state index in [-0.39, 0.29) is 29.9 Å². The number of carbonyl (C=O) groups is 2. The third-order valence-corrected chi connectivity index (χ3v) is 5.52.